The van der Waals surface area contributed by atoms with Gasteiger partial charge in [0.15, 0.2) is 0 Å². The predicted molar refractivity (Wildman–Crippen MR) is 68.3 cm³/mol. The topological polar surface area (TPSA) is 82.7 Å². The van der Waals surface area contributed by atoms with E-state index < -0.39 is 0 Å². The lowest BCUT2D eigenvalue weighted by molar-refractivity contribution is 0.101. The fraction of sp³-hybridized carbons (Fsp3) is 0.250. The van der Waals surface area contributed by atoms with Gasteiger partial charge in [0.05, 0.1) is 0 Å². The Balaban J connectivity index is 2.09. The second-order valence-electron chi connectivity index (χ2n) is 3.93. The van der Waals surface area contributed by atoms with Crippen LogP contribution in [0.25, 0.3) is 0 Å². The van der Waals surface area contributed by atoms with Gasteiger partial charge >= 0.3 is 0 Å². The first kappa shape index (κ1) is 12.3. The van der Waals surface area contributed by atoms with E-state index in [1.807, 2.05) is 31.3 Å². The van der Waals surface area contributed by atoms with Gasteiger partial charge in [-0.1, -0.05) is 12.1 Å². The molecule has 0 fully saturated rings. The van der Waals surface area contributed by atoms with Gasteiger partial charge in [-0.3, -0.25) is 9.89 Å². The summed E-state index contributed by atoms with van der Waals surface area (Å²) in [5.74, 6) is 0.441. The maximum Gasteiger partial charge on any atom is 0.295 e. The molecular weight excluding hydrogens is 230 g/mol. The molecule has 1 aromatic heterocycles. The molecule has 2 rings (SSSR count). The molecule has 1 heterocycles. The summed E-state index contributed by atoms with van der Waals surface area (Å²) in [6.07, 6.45) is 0. The zero-order valence-corrected chi connectivity index (χ0v) is 10.3. The fourth-order valence-electron chi connectivity index (χ4n) is 1.59. The number of nitrogens with zero attached hydrogens (tertiary/aromatic N) is 2. The highest BCUT2D eigenvalue weighted by Gasteiger charge is 2.11. The van der Waals surface area contributed by atoms with E-state index in [2.05, 4.69) is 25.8 Å². The molecule has 1 amide bonds. The zero-order valence-electron chi connectivity index (χ0n) is 10.3. The smallest absolute Gasteiger partial charge is 0.295 e. The van der Waals surface area contributed by atoms with Crippen LogP contribution in [0.4, 0.5) is 5.69 Å². The van der Waals surface area contributed by atoms with Crippen molar-refractivity contribution >= 4 is 11.6 Å². The van der Waals surface area contributed by atoms with Crippen molar-refractivity contribution in [2.75, 3.05) is 12.4 Å². The minimum absolute atomic E-state index is 0.145. The van der Waals surface area contributed by atoms with E-state index in [-0.39, 0.29) is 11.7 Å². The third-order valence-corrected chi connectivity index (χ3v) is 2.37. The first-order valence-electron chi connectivity index (χ1n) is 5.63. The summed E-state index contributed by atoms with van der Waals surface area (Å²) in [6.45, 7) is 2.50. The third kappa shape index (κ3) is 2.92. The molecule has 0 saturated carbocycles. The molecule has 0 radical (unpaired) electrons. The summed E-state index contributed by atoms with van der Waals surface area (Å²) in [7, 11) is 1.88. The normalized spacial score (nSPS) is 10.3. The Labute approximate surface area is 105 Å². The minimum atomic E-state index is -0.319. The maximum absolute atomic E-state index is 11.8. The molecule has 0 spiro atoms. The van der Waals surface area contributed by atoms with Crippen LogP contribution in [-0.4, -0.2) is 28.1 Å². The molecule has 0 bridgehead atoms. The molecule has 18 heavy (non-hydrogen) atoms. The highest BCUT2D eigenvalue weighted by Crippen LogP contribution is 2.11. The molecular formula is C12H15N5O. The van der Waals surface area contributed by atoms with Crippen LogP contribution in [0, 0.1) is 6.92 Å². The second-order valence-corrected chi connectivity index (χ2v) is 3.93. The lowest BCUT2D eigenvalue weighted by atomic mass is 10.2. The van der Waals surface area contributed by atoms with E-state index in [1.54, 1.807) is 6.92 Å². The number of aromatic nitrogens is 3. The van der Waals surface area contributed by atoms with Crippen molar-refractivity contribution < 1.29 is 4.79 Å². The van der Waals surface area contributed by atoms with Crippen LogP contribution in [-0.2, 0) is 6.54 Å². The molecule has 3 N–H and O–H groups in total. The lowest BCUT2D eigenvalue weighted by Crippen LogP contribution is -2.14. The Morgan fingerprint density at radius 3 is 2.94 bits per heavy atom. The minimum Gasteiger partial charge on any atom is -0.319 e. The van der Waals surface area contributed by atoms with Crippen molar-refractivity contribution in [3.05, 3.63) is 41.5 Å². The van der Waals surface area contributed by atoms with Gasteiger partial charge in [-0.25, -0.2) is 4.98 Å². The Bertz CT molecular complexity index is 549. The van der Waals surface area contributed by atoms with Gasteiger partial charge in [0.25, 0.3) is 5.91 Å². The standard InChI is InChI=1S/C12H15N5O/c1-8-14-11(17-16-8)12(18)15-10-5-3-4-9(6-10)7-13-2/h3-6,13H,7H2,1-2H3,(H,15,18)(H,14,16,17). The fourth-order valence-corrected chi connectivity index (χ4v) is 1.59. The Morgan fingerprint density at radius 2 is 2.28 bits per heavy atom. The number of hydrogen-bond donors (Lipinski definition) is 3. The summed E-state index contributed by atoms with van der Waals surface area (Å²) < 4.78 is 0. The van der Waals surface area contributed by atoms with Crippen molar-refractivity contribution in [3.8, 4) is 0 Å². The zero-order chi connectivity index (χ0) is 13.0. The highest BCUT2D eigenvalue weighted by atomic mass is 16.2. The van der Waals surface area contributed by atoms with Crippen molar-refractivity contribution in [1.29, 1.82) is 0 Å². The van der Waals surface area contributed by atoms with Crippen LogP contribution in [0.15, 0.2) is 24.3 Å². The van der Waals surface area contributed by atoms with Crippen molar-refractivity contribution in [3.63, 3.8) is 0 Å². The molecule has 0 aliphatic carbocycles. The number of aromatic amines is 1. The predicted octanol–water partition coefficient (Wildman–Crippen LogP) is 1.08. The number of H-pyrrole nitrogens is 1. The van der Waals surface area contributed by atoms with Gasteiger partial charge in [-0.15, -0.1) is 5.10 Å². The van der Waals surface area contributed by atoms with Crippen molar-refractivity contribution in [1.82, 2.24) is 20.5 Å². The van der Waals surface area contributed by atoms with Crippen molar-refractivity contribution in [2.45, 2.75) is 13.5 Å². The maximum atomic E-state index is 11.8. The SMILES string of the molecule is CNCc1cccc(NC(=O)c2n[nH]c(C)n2)c1. The van der Waals surface area contributed by atoms with Crippen LogP contribution in [0.5, 0.6) is 0 Å². The van der Waals surface area contributed by atoms with Crippen LogP contribution in [0.3, 0.4) is 0 Å². The van der Waals surface area contributed by atoms with E-state index in [4.69, 9.17) is 0 Å². The van der Waals surface area contributed by atoms with Gasteiger partial charge in [0.2, 0.25) is 5.82 Å². The number of nitrogens with one attached hydrogen (secondary N) is 3. The molecule has 94 valence electrons. The van der Waals surface area contributed by atoms with Crippen molar-refractivity contribution in [2.24, 2.45) is 0 Å². The van der Waals surface area contributed by atoms with E-state index in [0.717, 1.165) is 17.8 Å². The Morgan fingerprint density at radius 1 is 1.44 bits per heavy atom. The molecule has 0 unspecified atom stereocenters. The molecule has 0 aliphatic rings. The van der Waals surface area contributed by atoms with Crippen LogP contribution >= 0.6 is 0 Å². The first-order valence-corrected chi connectivity index (χ1v) is 5.63. The molecule has 1 aromatic carbocycles. The van der Waals surface area contributed by atoms with E-state index in [0.29, 0.717) is 5.82 Å². The van der Waals surface area contributed by atoms with Gasteiger partial charge < -0.3 is 10.6 Å². The number of benzene rings is 1. The first-order chi connectivity index (χ1) is 8.69. The van der Waals surface area contributed by atoms with E-state index >= 15 is 0 Å². The number of carbonyl (C=O) groups is 1. The average molecular weight is 245 g/mol. The molecule has 0 aliphatic heterocycles. The number of aryl methyl sites for hydroxylation is 1. The highest BCUT2D eigenvalue weighted by molar-refractivity contribution is 6.01. The number of anilines is 1. The van der Waals surface area contributed by atoms with Gasteiger partial charge in [-0.2, -0.15) is 0 Å². The number of carbonyl (C=O) groups excluding carboxylic acids is 1. The average Bonchev–Trinajstić information content (AvgIpc) is 2.77. The summed E-state index contributed by atoms with van der Waals surface area (Å²) in [5, 5.41) is 12.3. The number of hydrogen-bond acceptors (Lipinski definition) is 4. The number of amides is 1. The largest absolute Gasteiger partial charge is 0.319 e. The summed E-state index contributed by atoms with van der Waals surface area (Å²) >= 11 is 0. The Hall–Kier alpha value is -2.21. The van der Waals surface area contributed by atoms with Crippen LogP contribution < -0.4 is 10.6 Å². The summed E-state index contributed by atoms with van der Waals surface area (Å²) in [5.41, 5.74) is 1.83. The summed E-state index contributed by atoms with van der Waals surface area (Å²) in [6, 6.07) is 7.62. The van der Waals surface area contributed by atoms with Gasteiger partial charge in [0.1, 0.15) is 5.82 Å². The molecule has 6 heteroatoms. The molecule has 0 atom stereocenters. The summed E-state index contributed by atoms with van der Waals surface area (Å²) in [4.78, 5) is 15.8. The van der Waals surface area contributed by atoms with Crippen LogP contribution in [0.2, 0.25) is 0 Å². The lowest BCUT2D eigenvalue weighted by Gasteiger charge is -2.05. The Kier molecular flexibility index (Phi) is 3.69. The quantitative estimate of drug-likeness (QED) is 0.753. The third-order valence-electron chi connectivity index (χ3n) is 2.37. The van der Waals surface area contributed by atoms with Gasteiger partial charge in [0, 0.05) is 12.2 Å². The van der Waals surface area contributed by atoms with E-state index in [9.17, 15) is 4.79 Å². The van der Waals surface area contributed by atoms with Crippen LogP contribution in [0.1, 0.15) is 22.0 Å². The monoisotopic (exact) mass is 245 g/mol. The van der Waals surface area contributed by atoms with Gasteiger partial charge in [-0.05, 0) is 31.7 Å². The second kappa shape index (κ2) is 5.42. The van der Waals surface area contributed by atoms with E-state index in [1.165, 1.54) is 0 Å². The molecule has 6 nitrogen and oxygen atoms in total. The molecule has 2 aromatic rings. The number of rotatable bonds is 4. The molecule has 0 saturated heterocycles.